The molecule has 2 rings (SSSR count). The first-order valence-electron chi connectivity index (χ1n) is 5.71. The third kappa shape index (κ3) is 2.63. The summed E-state index contributed by atoms with van der Waals surface area (Å²) < 4.78 is 4.74. The zero-order valence-electron chi connectivity index (χ0n) is 10.4. The van der Waals surface area contributed by atoms with Crippen molar-refractivity contribution in [3.05, 3.63) is 28.0 Å². The molecule has 0 radical (unpaired) electrons. The highest BCUT2D eigenvalue weighted by Gasteiger charge is 2.03. The third-order valence-corrected chi connectivity index (χ3v) is 3.12. The highest BCUT2D eigenvalue weighted by atomic mass is 32.1. The minimum Gasteiger partial charge on any atom is -0.304 e. The van der Waals surface area contributed by atoms with Crippen LogP contribution in [0.25, 0.3) is 0 Å². The summed E-state index contributed by atoms with van der Waals surface area (Å²) in [5.41, 5.74) is 2.27. The number of nitrogens with zero attached hydrogens (tertiary/aromatic N) is 4. The number of H-pyrrole nitrogens is 1. The molecule has 17 heavy (non-hydrogen) atoms. The van der Waals surface area contributed by atoms with Gasteiger partial charge in [-0.15, -0.1) is 0 Å². The molecule has 0 aliphatic carbocycles. The van der Waals surface area contributed by atoms with E-state index < -0.39 is 0 Å². The number of nitrogens with one attached hydrogen (secondary N) is 1. The fourth-order valence-electron chi connectivity index (χ4n) is 1.94. The van der Waals surface area contributed by atoms with E-state index in [0.717, 1.165) is 31.0 Å². The zero-order chi connectivity index (χ0) is 12.4. The van der Waals surface area contributed by atoms with Crippen LogP contribution in [0.3, 0.4) is 0 Å². The highest BCUT2D eigenvalue weighted by molar-refractivity contribution is 7.71. The van der Waals surface area contributed by atoms with Gasteiger partial charge >= 0.3 is 0 Å². The van der Waals surface area contributed by atoms with Crippen molar-refractivity contribution in [3.63, 3.8) is 0 Å². The summed E-state index contributed by atoms with van der Waals surface area (Å²) in [6.45, 7) is 7.83. The van der Waals surface area contributed by atoms with E-state index in [1.165, 1.54) is 5.69 Å². The predicted octanol–water partition coefficient (Wildman–Crippen LogP) is 2.15. The van der Waals surface area contributed by atoms with Gasteiger partial charge in [0.05, 0.1) is 5.69 Å². The number of aryl methyl sites for hydroxylation is 4. The molecule has 92 valence electrons. The average Bonchev–Trinajstić information content (AvgIpc) is 2.74. The number of hydrogen-bond acceptors (Lipinski definition) is 3. The molecule has 0 fully saturated rings. The van der Waals surface area contributed by atoms with Crippen LogP contribution in [0.1, 0.15) is 23.6 Å². The molecule has 6 heteroatoms. The van der Waals surface area contributed by atoms with Crippen LogP contribution >= 0.6 is 12.2 Å². The Morgan fingerprint density at radius 2 is 2.06 bits per heavy atom. The minimum absolute atomic E-state index is 0.691. The Balaban J connectivity index is 1.96. The van der Waals surface area contributed by atoms with Gasteiger partial charge in [-0.2, -0.15) is 10.2 Å². The maximum Gasteiger partial charge on any atom is 0.195 e. The Morgan fingerprint density at radius 1 is 1.29 bits per heavy atom. The summed E-state index contributed by atoms with van der Waals surface area (Å²) in [5, 5.41) is 11.3. The standard InChI is InChI=1S/C11H17N5S/c1-8-7-9(2)16(14-8)6-4-5-15-10(3)12-13-11(15)17/h7H,4-6H2,1-3H3,(H,13,17). The lowest BCUT2D eigenvalue weighted by Gasteiger charge is -2.06. The van der Waals surface area contributed by atoms with Gasteiger partial charge in [0.1, 0.15) is 5.82 Å². The van der Waals surface area contributed by atoms with E-state index in [0.29, 0.717) is 4.77 Å². The SMILES string of the molecule is Cc1cc(C)n(CCCn2c(C)n[nH]c2=S)n1. The van der Waals surface area contributed by atoms with Crippen molar-refractivity contribution in [2.24, 2.45) is 0 Å². The van der Waals surface area contributed by atoms with E-state index in [-0.39, 0.29) is 0 Å². The van der Waals surface area contributed by atoms with E-state index >= 15 is 0 Å². The van der Waals surface area contributed by atoms with Gasteiger partial charge in [-0.25, -0.2) is 0 Å². The lowest BCUT2D eigenvalue weighted by atomic mass is 10.4. The molecule has 0 aliphatic heterocycles. The molecule has 0 unspecified atom stereocenters. The maximum absolute atomic E-state index is 5.16. The molecule has 2 aromatic heterocycles. The van der Waals surface area contributed by atoms with Crippen molar-refractivity contribution in [3.8, 4) is 0 Å². The van der Waals surface area contributed by atoms with Crippen molar-refractivity contribution < 1.29 is 0 Å². The van der Waals surface area contributed by atoms with Crippen LogP contribution in [0.5, 0.6) is 0 Å². The summed E-state index contributed by atoms with van der Waals surface area (Å²) in [6, 6.07) is 2.09. The quantitative estimate of drug-likeness (QED) is 0.847. The summed E-state index contributed by atoms with van der Waals surface area (Å²) in [7, 11) is 0. The largest absolute Gasteiger partial charge is 0.304 e. The number of hydrogen-bond donors (Lipinski definition) is 1. The first-order chi connectivity index (χ1) is 8.08. The second-order valence-corrected chi connectivity index (χ2v) is 4.62. The first kappa shape index (κ1) is 12.0. The van der Waals surface area contributed by atoms with Crippen LogP contribution < -0.4 is 0 Å². The fourth-order valence-corrected chi connectivity index (χ4v) is 2.21. The molecule has 2 heterocycles. The molecule has 0 atom stereocenters. The second kappa shape index (κ2) is 4.83. The Morgan fingerprint density at radius 3 is 2.59 bits per heavy atom. The van der Waals surface area contributed by atoms with E-state index in [1.807, 2.05) is 23.1 Å². The minimum atomic E-state index is 0.691. The fraction of sp³-hybridized carbons (Fsp3) is 0.545. The lowest BCUT2D eigenvalue weighted by Crippen LogP contribution is -2.08. The molecule has 0 aliphatic rings. The van der Waals surface area contributed by atoms with Crippen LogP contribution in [0, 0.1) is 25.5 Å². The van der Waals surface area contributed by atoms with E-state index in [9.17, 15) is 0 Å². The van der Waals surface area contributed by atoms with Crippen molar-refractivity contribution in [1.82, 2.24) is 24.5 Å². The molecular weight excluding hydrogens is 234 g/mol. The van der Waals surface area contributed by atoms with Gasteiger partial charge in [0, 0.05) is 18.8 Å². The number of aromatic nitrogens is 5. The predicted molar refractivity (Wildman–Crippen MR) is 68.5 cm³/mol. The Hall–Kier alpha value is -1.43. The van der Waals surface area contributed by atoms with Crippen molar-refractivity contribution in [1.29, 1.82) is 0 Å². The summed E-state index contributed by atoms with van der Waals surface area (Å²) >= 11 is 5.16. The summed E-state index contributed by atoms with van der Waals surface area (Å²) in [5.74, 6) is 0.934. The molecule has 5 nitrogen and oxygen atoms in total. The van der Waals surface area contributed by atoms with E-state index in [2.05, 4.69) is 28.3 Å². The van der Waals surface area contributed by atoms with Gasteiger partial charge < -0.3 is 4.57 Å². The molecule has 0 amide bonds. The van der Waals surface area contributed by atoms with Gasteiger partial charge in [-0.05, 0) is 45.5 Å². The third-order valence-electron chi connectivity index (χ3n) is 2.80. The Bertz CT molecular complexity index is 563. The Kier molecular flexibility index (Phi) is 3.42. The zero-order valence-corrected chi connectivity index (χ0v) is 11.2. The molecule has 0 bridgehead atoms. The number of rotatable bonds is 4. The summed E-state index contributed by atoms with van der Waals surface area (Å²) in [4.78, 5) is 0. The van der Waals surface area contributed by atoms with Crippen LogP contribution in [-0.2, 0) is 13.1 Å². The van der Waals surface area contributed by atoms with Gasteiger partial charge in [0.2, 0.25) is 0 Å². The molecule has 0 saturated heterocycles. The van der Waals surface area contributed by atoms with Crippen LogP contribution in [0.4, 0.5) is 0 Å². The van der Waals surface area contributed by atoms with Gasteiger partial charge in [-0.1, -0.05) is 0 Å². The van der Waals surface area contributed by atoms with Gasteiger partial charge in [0.15, 0.2) is 4.77 Å². The summed E-state index contributed by atoms with van der Waals surface area (Å²) in [6.07, 6.45) is 0.997. The van der Waals surface area contributed by atoms with E-state index in [4.69, 9.17) is 12.2 Å². The molecule has 2 aromatic rings. The van der Waals surface area contributed by atoms with Crippen LogP contribution in [0.15, 0.2) is 6.07 Å². The molecule has 0 aromatic carbocycles. The first-order valence-corrected chi connectivity index (χ1v) is 6.11. The van der Waals surface area contributed by atoms with Gasteiger partial charge in [0.25, 0.3) is 0 Å². The molecule has 0 saturated carbocycles. The van der Waals surface area contributed by atoms with Crippen LogP contribution in [-0.4, -0.2) is 24.5 Å². The van der Waals surface area contributed by atoms with Crippen molar-refractivity contribution >= 4 is 12.2 Å². The lowest BCUT2D eigenvalue weighted by molar-refractivity contribution is 0.509. The average molecular weight is 251 g/mol. The maximum atomic E-state index is 5.16. The molecule has 1 N–H and O–H groups in total. The normalized spacial score (nSPS) is 11.0. The van der Waals surface area contributed by atoms with Crippen molar-refractivity contribution in [2.45, 2.75) is 40.3 Å². The van der Waals surface area contributed by atoms with E-state index in [1.54, 1.807) is 0 Å². The molecular formula is C11H17N5S. The Labute approximate surface area is 105 Å². The molecule has 0 spiro atoms. The van der Waals surface area contributed by atoms with Crippen molar-refractivity contribution in [2.75, 3.05) is 0 Å². The van der Waals surface area contributed by atoms with Gasteiger partial charge in [-0.3, -0.25) is 9.78 Å². The topological polar surface area (TPSA) is 51.4 Å². The van der Waals surface area contributed by atoms with Crippen LogP contribution in [0.2, 0.25) is 0 Å². The smallest absolute Gasteiger partial charge is 0.195 e. The second-order valence-electron chi connectivity index (χ2n) is 4.23. The number of aromatic amines is 1. The monoisotopic (exact) mass is 251 g/mol. The highest BCUT2D eigenvalue weighted by Crippen LogP contribution is 2.04.